The first kappa shape index (κ1) is 7.87. The molecule has 1 aromatic rings. The molecule has 0 amide bonds. The first-order valence-electron chi connectivity index (χ1n) is 2.83. The standard InChI is InChI=1S/C6H7NO3S/c1-9-6(8)10-5-3-2-4(7)11-5/h2-3H,7H2,1H3. The molecule has 2 N–H and O–H groups in total. The van der Waals surface area contributed by atoms with Crippen LogP contribution in [-0.4, -0.2) is 13.3 Å². The lowest BCUT2D eigenvalue weighted by Crippen LogP contribution is -2.05. The number of carbonyl (C=O) groups excluding carboxylic acids is 1. The Morgan fingerprint density at radius 2 is 2.36 bits per heavy atom. The van der Waals surface area contributed by atoms with Crippen molar-refractivity contribution < 1.29 is 14.3 Å². The second-order valence-electron chi connectivity index (χ2n) is 1.71. The Labute approximate surface area is 67.5 Å². The summed E-state index contributed by atoms with van der Waals surface area (Å²) in [6.45, 7) is 0. The summed E-state index contributed by atoms with van der Waals surface area (Å²) in [6, 6.07) is 3.26. The third kappa shape index (κ3) is 2.12. The molecule has 1 heterocycles. The molecule has 0 bridgehead atoms. The minimum atomic E-state index is -0.730. The van der Waals surface area contributed by atoms with Crippen molar-refractivity contribution in [2.24, 2.45) is 0 Å². The van der Waals surface area contributed by atoms with E-state index >= 15 is 0 Å². The zero-order chi connectivity index (χ0) is 8.27. The van der Waals surface area contributed by atoms with Gasteiger partial charge in [-0.3, -0.25) is 0 Å². The lowest BCUT2D eigenvalue weighted by atomic mass is 10.6. The second-order valence-corrected chi connectivity index (χ2v) is 2.79. The highest BCUT2D eigenvalue weighted by Gasteiger charge is 2.04. The minimum absolute atomic E-state index is 0.439. The van der Waals surface area contributed by atoms with Gasteiger partial charge in [-0.15, -0.1) is 0 Å². The zero-order valence-electron chi connectivity index (χ0n) is 5.87. The van der Waals surface area contributed by atoms with Crippen molar-refractivity contribution in [2.75, 3.05) is 12.8 Å². The highest BCUT2D eigenvalue weighted by atomic mass is 32.1. The first-order chi connectivity index (χ1) is 5.22. The number of rotatable bonds is 1. The quantitative estimate of drug-likeness (QED) is 0.653. The van der Waals surface area contributed by atoms with Crippen molar-refractivity contribution >= 4 is 22.5 Å². The molecule has 0 radical (unpaired) electrons. The number of thiophene rings is 1. The predicted molar refractivity (Wildman–Crippen MR) is 41.8 cm³/mol. The first-order valence-corrected chi connectivity index (χ1v) is 3.65. The summed E-state index contributed by atoms with van der Waals surface area (Å²) < 4.78 is 8.93. The molecule has 1 rings (SSSR count). The molecular formula is C6H7NO3S. The molecule has 5 heteroatoms. The Balaban J connectivity index is 2.57. The summed E-state index contributed by atoms with van der Waals surface area (Å²) >= 11 is 1.19. The van der Waals surface area contributed by atoms with E-state index < -0.39 is 6.16 Å². The third-order valence-electron chi connectivity index (χ3n) is 0.953. The number of hydrogen-bond donors (Lipinski definition) is 1. The molecule has 1 aromatic heterocycles. The maximum Gasteiger partial charge on any atom is 0.514 e. The molecule has 0 aliphatic carbocycles. The fourth-order valence-corrected chi connectivity index (χ4v) is 1.13. The van der Waals surface area contributed by atoms with Gasteiger partial charge in [0.1, 0.15) is 0 Å². The van der Waals surface area contributed by atoms with Gasteiger partial charge in [0.05, 0.1) is 12.1 Å². The van der Waals surface area contributed by atoms with Gasteiger partial charge in [0.15, 0.2) is 5.06 Å². The Morgan fingerprint density at radius 3 is 2.82 bits per heavy atom. The van der Waals surface area contributed by atoms with E-state index in [1.165, 1.54) is 18.4 Å². The Bertz CT molecular complexity index is 258. The van der Waals surface area contributed by atoms with Gasteiger partial charge in [-0.1, -0.05) is 11.3 Å². The molecule has 4 nitrogen and oxygen atoms in total. The van der Waals surface area contributed by atoms with Crippen LogP contribution in [0.1, 0.15) is 0 Å². The van der Waals surface area contributed by atoms with Crippen molar-refractivity contribution in [2.45, 2.75) is 0 Å². The van der Waals surface area contributed by atoms with Gasteiger partial charge in [-0.25, -0.2) is 4.79 Å². The van der Waals surface area contributed by atoms with Crippen LogP contribution < -0.4 is 10.5 Å². The average molecular weight is 173 g/mol. The van der Waals surface area contributed by atoms with Crippen LogP contribution in [0.4, 0.5) is 9.80 Å². The lowest BCUT2D eigenvalue weighted by molar-refractivity contribution is 0.123. The van der Waals surface area contributed by atoms with E-state index in [1.54, 1.807) is 12.1 Å². The molecule has 0 aliphatic heterocycles. The largest absolute Gasteiger partial charge is 0.514 e. The summed E-state index contributed by atoms with van der Waals surface area (Å²) in [5.74, 6) is 0. The summed E-state index contributed by atoms with van der Waals surface area (Å²) in [6.07, 6.45) is -0.730. The second kappa shape index (κ2) is 3.25. The van der Waals surface area contributed by atoms with Crippen LogP contribution in [0, 0.1) is 0 Å². The van der Waals surface area contributed by atoms with Gasteiger partial charge in [0.25, 0.3) is 0 Å². The van der Waals surface area contributed by atoms with Crippen LogP contribution in [-0.2, 0) is 4.74 Å². The number of hydrogen-bond acceptors (Lipinski definition) is 5. The van der Waals surface area contributed by atoms with E-state index in [9.17, 15) is 4.79 Å². The predicted octanol–water partition coefficient (Wildman–Crippen LogP) is 1.48. The van der Waals surface area contributed by atoms with Crippen molar-refractivity contribution in [3.05, 3.63) is 12.1 Å². The maximum atomic E-state index is 10.5. The van der Waals surface area contributed by atoms with E-state index in [0.29, 0.717) is 10.1 Å². The number of nitrogens with two attached hydrogens (primary N) is 1. The number of carbonyl (C=O) groups is 1. The average Bonchev–Trinajstić information content (AvgIpc) is 2.35. The highest BCUT2D eigenvalue weighted by molar-refractivity contribution is 7.17. The molecule has 0 aromatic carbocycles. The Hall–Kier alpha value is -1.23. The minimum Gasteiger partial charge on any atom is -0.437 e. The van der Waals surface area contributed by atoms with Crippen molar-refractivity contribution in [1.82, 2.24) is 0 Å². The smallest absolute Gasteiger partial charge is 0.437 e. The van der Waals surface area contributed by atoms with Gasteiger partial charge in [-0.2, -0.15) is 0 Å². The highest BCUT2D eigenvalue weighted by Crippen LogP contribution is 2.26. The van der Waals surface area contributed by atoms with Crippen LogP contribution in [0.2, 0.25) is 0 Å². The van der Waals surface area contributed by atoms with Crippen molar-refractivity contribution in [3.8, 4) is 5.06 Å². The summed E-state index contributed by atoms with van der Waals surface area (Å²) in [5.41, 5.74) is 5.38. The van der Waals surface area contributed by atoms with Gasteiger partial charge < -0.3 is 15.2 Å². The Kier molecular flexibility index (Phi) is 2.32. The number of ether oxygens (including phenoxy) is 2. The van der Waals surface area contributed by atoms with Crippen LogP contribution in [0.25, 0.3) is 0 Å². The van der Waals surface area contributed by atoms with E-state index in [1.807, 2.05) is 0 Å². The van der Waals surface area contributed by atoms with Crippen LogP contribution >= 0.6 is 11.3 Å². The molecular weight excluding hydrogens is 166 g/mol. The normalized spacial score (nSPS) is 9.18. The molecule has 60 valence electrons. The Morgan fingerprint density at radius 1 is 1.64 bits per heavy atom. The topological polar surface area (TPSA) is 61.5 Å². The molecule has 0 spiro atoms. The fourth-order valence-electron chi connectivity index (χ4n) is 0.513. The summed E-state index contributed by atoms with van der Waals surface area (Å²) in [5, 5.41) is 1.04. The molecule has 0 unspecified atom stereocenters. The molecule has 0 saturated heterocycles. The van der Waals surface area contributed by atoms with Crippen molar-refractivity contribution in [3.63, 3.8) is 0 Å². The summed E-state index contributed by atoms with van der Waals surface area (Å²) in [4.78, 5) is 10.5. The summed E-state index contributed by atoms with van der Waals surface area (Å²) in [7, 11) is 1.25. The van der Waals surface area contributed by atoms with Crippen LogP contribution in [0.15, 0.2) is 12.1 Å². The molecule has 11 heavy (non-hydrogen) atoms. The van der Waals surface area contributed by atoms with E-state index in [-0.39, 0.29) is 0 Å². The van der Waals surface area contributed by atoms with Crippen molar-refractivity contribution in [1.29, 1.82) is 0 Å². The van der Waals surface area contributed by atoms with E-state index in [2.05, 4.69) is 9.47 Å². The zero-order valence-corrected chi connectivity index (χ0v) is 6.68. The van der Waals surface area contributed by atoms with Gasteiger partial charge in [0, 0.05) is 0 Å². The van der Waals surface area contributed by atoms with Gasteiger partial charge in [-0.05, 0) is 12.1 Å². The van der Waals surface area contributed by atoms with E-state index in [4.69, 9.17) is 5.73 Å². The SMILES string of the molecule is COC(=O)Oc1ccc(N)s1. The van der Waals surface area contributed by atoms with E-state index in [0.717, 1.165) is 0 Å². The number of methoxy groups -OCH3 is 1. The number of nitrogen functional groups attached to an aromatic ring is 1. The van der Waals surface area contributed by atoms with Gasteiger partial charge >= 0.3 is 6.16 Å². The van der Waals surface area contributed by atoms with Crippen LogP contribution in [0.3, 0.4) is 0 Å². The number of anilines is 1. The molecule has 0 atom stereocenters. The van der Waals surface area contributed by atoms with Crippen LogP contribution in [0.5, 0.6) is 5.06 Å². The fraction of sp³-hybridized carbons (Fsp3) is 0.167. The van der Waals surface area contributed by atoms with Gasteiger partial charge in [0.2, 0.25) is 0 Å². The molecule has 0 fully saturated rings. The maximum absolute atomic E-state index is 10.5. The molecule has 0 aliphatic rings. The third-order valence-corrected chi connectivity index (χ3v) is 1.75. The lowest BCUT2D eigenvalue weighted by Gasteiger charge is -1.96. The monoisotopic (exact) mass is 173 g/mol. The molecule has 0 saturated carbocycles.